The second-order valence-corrected chi connectivity index (χ2v) is 8.93. The summed E-state index contributed by atoms with van der Waals surface area (Å²) >= 11 is 0. The molecule has 0 aromatic heterocycles. The first-order chi connectivity index (χ1) is 14.2. The van der Waals surface area contributed by atoms with Gasteiger partial charge in [0.05, 0.1) is 4.90 Å². The molecule has 0 radical (unpaired) electrons. The summed E-state index contributed by atoms with van der Waals surface area (Å²) in [7, 11) is 0.131. The maximum atomic E-state index is 12.7. The third kappa shape index (κ3) is 5.39. The van der Waals surface area contributed by atoms with Crippen molar-refractivity contribution < 1.29 is 13.2 Å². The summed E-state index contributed by atoms with van der Waals surface area (Å²) in [5, 5.41) is 2.83. The minimum Gasteiger partial charge on any atom is -0.378 e. The number of sulfonamides is 1. The largest absolute Gasteiger partial charge is 0.378 e. The summed E-state index contributed by atoms with van der Waals surface area (Å²) in [4.78, 5) is 14.6. The van der Waals surface area contributed by atoms with Crippen molar-refractivity contribution >= 4 is 27.3 Å². The first kappa shape index (κ1) is 21.4. The fourth-order valence-corrected chi connectivity index (χ4v) is 3.94. The SMILES string of the molecule is Cc1ccc(NS(=O)(=O)c2cccc(C(=O)NCc3ccc(N(C)C)cc3)c2)cc1. The topological polar surface area (TPSA) is 78.5 Å². The number of nitrogens with one attached hydrogen (secondary N) is 2. The van der Waals surface area contributed by atoms with Gasteiger partial charge in [0, 0.05) is 37.6 Å². The highest BCUT2D eigenvalue weighted by Crippen LogP contribution is 2.18. The zero-order valence-corrected chi connectivity index (χ0v) is 18.0. The van der Waals surface area contributed by atoms with Crippen molar-refractivity contribution in [3.63, 3.8) is 0 Å². The number of rotatable bonds is 7. The molecule has 156 valence electrons. The first-order valence-electron chi connectivity index (χ1n) is 9.48. The molecule has 30 heavy (non-hydrogen) atoms. The van der Waals surface area contributed by atoms with E-state index in [0.29, 0.717) is 12.2 Å². The van der Waals surface area contributed by atoms with Crippen LogP contribution in [0.4, 0.5) is 11.4 Å². The Kier molecular flexibility index (Phi) is 6.42. The Morgan fingerprint density at radius 3 is 2.23 bits per heavy atom. The average Bonchev–Trinajstić information content (AvgIpc) is 2.74. The summed E-state index contributed by atoms with van der Waals surface area (Å²) in [6, 6.07) is 20.9. The summed E-state index contributed by atoms with van der Waals surface area (Å²) in [6.07, 6.45) is 0. The average molecular weight is 424 g/mol. The van der Waals surface area contributed by atoms with Crippen LogP contribution in [0.3, 0.4) is 0 Å². The molecule has 0 aliphatic rings. The normalized spacial score (nSPS) is 11.0. The van der Waals surface area contributed by atoms with Crippen molar-refractivity contribution in [1.82, 2.24) is 5.32 Å². The fourth-order valence-electron chi connectivity index (χ4n) is 2.84. The molecule has 0 unspecified atom stereocenters. The van der Waals surface area contributed by atoms with E-state index in [1.54, 1.807) is 24.3 Å². The van der Waals surface area contributed by atoms with Gasteiger partial charge in [-0.1, -0.05) is 35.9 Å². The standard InChI is InChI=1S/C23H25N3O3S/c1-17-7-11-20(12-8-17)25-30(28,29)22-6-4-5-19(15-22)23(27)24-16-18-9-13-21(14-10-18)26(2)3/h4-15,25H,16H2,1-3H3,(H,24,27). The van der Waals surface area contributed by atoms with Crippen LogP contribution in [0.5, 0.6) is 0 Å². The molecular formula is C23H25N3O3S. The summed E-state index contributed by atoms with van der Waals surface area (Å²) < 4.78 is 27.9. The highest BCUT2D eigenvalue weighted by Gasteiger charge is 2.16. The summed E-state index contributed by atoms with van der Waals surface area (Å²) in [5.74, 6) is -0.334. The van der Waals surface area contributed by atoms with Crippen LogP contribution in [0.15, 0.2) is 77.7 Å². The van der Waals surface area contributed by atoms with Crippen LogP contribution in [0.2, 0.25) is 0 Å². The Labute approximate surface area is 177 Å². The Morgan fingerprint density at radius 2 is 1.60 bits per heavy atom. The van der Waals surface area contributed by atoms with E-state index in [9.17, 15) is 13.2 Å². The molecule has 2 N–H and O–H groups in total. The third-order valence-electron chi connectivity index (χ3n) is 4.62. The van der Waals surface area contributed by atoms with Gasteiger partial charge in [-0.15, -0.1) is 0 Å². The number of amides is 1. The maximum absolute atomic E-state index is 12.7. The molecular weight excluding hydrogens is 398 g/mol. The van der Waals surface area contributed by atoms with Crippen molar-refractivity contribution in [3.8, 4) is 0 Å². The molecule has 0 aliphatic carbocycles. The van der Waals surface area contributed by atoms with E-state index in [0.717, 1.165) is 16.8 Å². The Bertz CT molecular complexity index is 1120. The number of hydrogen-bond donors (Lipinski definition) is 2. The molecule has 1 amide bonds. The van der Waals surface area contributed by atoms with E-state index in [1.807, 2.05) is 62.3 Å². The number of benzene rings is 3. The van der Waals surface area contributed by atoms with Crippen molar-refractivity contribution in [2.24, 2.45) is 0 Å². The van der Waals surface area contributed by atoms with E-state index in [2.05, 4.69) is 10.0 Å². The van der Waals surface area contributed by atoms with Crippen LogP contribution in [-0.2, 0) is 16.6 Å². The van der Waals surface area contributed by atoms with Crippen LogP contribution in [0.25, 0.3) is 0 Å². The molecule has 0 bridgehead atoms. The van der Waals surface area contributed by atoms with Gasteiger partial charge in [0.1, 0.15) is 0 Å². The van der Waals surface area contributed by atoms with Gasteiger partial charge in [0.25, 0.3) is 15.9 Å². The predicted octanol–water partition coefficient (Wildman–Crippen LogP) is 3.79. The molecule has 3 aromatic carbocycles. The van der Waals surface area contributed by atoms with Crippen molar-refractivity contribution in [2.75, 3.05) is 23.7 Å². The zero-order chi connectivity index (χ0) is 21.7. The molecule has 0 fully saturated rings. The third-order valence-corrected chi connectivity index (χ3v) is 6.00. The molecule has 3 aromatic rings. The first-order valence-corrected chi connectivity index (χ1v) is 11.0. The zero-order valence-electron chi connectivity index (χ0n) is 17.2. The van der Waals surface area contributed by atoms with E-state index in [-0.39, 0.29) is 16.4 Å². The molecule has 0 saturated heterocycles. The highest BCUT2D eigenvalue weighted by atomic mass is 32.2. The smallest absolute Gasteiger partial charge is 0.261 e. The molecule has 0 heterocycles. The van der Waals surface area contributed by atoms with Gasteiger partial charge in [0.15, 0.2) is 0 Å². The Morgan fingerprint density at radius 1 is 0.933 bits per heavy atom. The predicted molar refractivity (Wildman–Crippen MR) is 120 cm³/mol. The van der Waals surface area contributed by atoms with Crippen LogP contribution in [-0.4, -0.2) is 28.4 Å². The van der Waals surface area contributed by atoms with Crippen LogP contribution < -0.4 is 14.9 Å². The number of nitrogens with zero attached hydrogens (tertiary/aromatic N) is 1. The van der Waals surface area contributed by atoms with E-state index < -0.39 is 10.0 Å². The van der Waals surface area contributed by atoms with E-state index >= 15 is 0 Å². The maximum Gasteiger partial charge on any atom is 0.261 e. The molecule has 6 nitrogen and oxygen atoms in total. The lowest BCUT2D eigenvalue weighted by atomic mass is 10.1. The molecule has 0 atom stereocenters. The van der Waals surface area contributed by atoms with E-state index in [4.69, 9.17) is 0 Å². The Hall–Kier alpha value is -3.32. The van der Waals surface area contributed by atoms with Gasteiger partial charge in [-0.2, -0.15) is 0 Å². The molecule has 3 rings (SSSR count). The summed E-state index contributed by atoms with van der Waals surface area (Å²) in [6.45, 7) is 2.28. The Balaban J connectivity index is 1.69. The quantitative estimate of drug-likeness (QED) is 0.606. The minimum absolute atomic E-state index is 0.0334. The number of anilines is 2. The highest BCUT2D eigenvalue weighted by molar-refractivity contribution is 7.92. The monoisotopic (exact) mass is 423 g/mol. The second-order valence-electron chi connectivity index (χ2n) is 7.24. The number of aryl methyl sites for hydroxylation is 1. The molecule has 0 saturated carbocycles. The van der Waals surface area contributed by atoms with Crippen LogP contribution >= 0.6 is 0 Å². The van der Waals surface area contributed by atoms with Gasteiger partial charge in [-0.25, -0.2) is 8.42 Å². The van der Waals surface area contributed by atoms with Gasteiger partial charge in [-0.3, -0.25) is 9.52 Å². The van der Waals surface area contributed by atoms with Crippen molar-refractivity contribution in [1.29, 1.82) is 0 Å². The van der Waals surface area contributed by atoms with E-state index in [1.165, 1.54) is 12.1 Å². The lowest BCUT2D eigenvalue weighted by molar-refractivity contribution is 0.0950. The molecule has 0 spiro atoms. The van der Waals surface area contributed by atoms with Crippen LogP contribution in [0.1, 0.15) is 21.5 Å². The number of hydrogen-bond acceptors (Lipinski definition) is 4. The van der Waals surface area contributed by atoms with Crippen molar-refractivity contribution in [2.45, 2.75) is 18.4 Å². The van der Waals surface area contributed by atoms with Crippen LogP contribution in [0, 0.1) is 6.92 Å². The van der Waals surface area contributed by atoms with Gasteiger partial charge in [-0.05, 0) is 55.0 Å². The lowest BCUT2D eigenvalue weighted by Gasteiger charge is -2.13. The van der Waals surface area contributed by atoms with Crippen molar-refractivity contribution in [3.05, 3.63) is 89.5 Å². The van der Waals surface area contributed by atoms with Gasteiger partial charge in [0.2, 0.25) is 0 Å². The number of carbonyl (C=O) groups excluding carboxylic acids is 1. The lowest BCUT2D eigenvalue weighted by Crippen LogP contribution is -2.23. The minimum atomic E-state index is -3.80. The second kappa shape index (κ2) is 9.00. The molecule has 0 aliphatic heterocycles. The van der Waals surface area contributed by atoms with Gasteiger partial charge >= 0.3 is 0 Å². The molecule has 7 heteroatoms. The van der Waals surface area contributed by atoms with Gasteiger partial charge < -0.3 is 10.2 Å². The summed E-state index contributed by atoms with van der Waals surface area (Å²) in [5.41, 5.74) is 3.82. The number of carbonyl (C=O) groups is 1. The fraction of sp³-hybridized carbons (Fsp3) is 0.174.